The SMILES string of the molecule is COCCCC(=O)c1snnc1C(C)(C)C. The fourth-order valence-electron chi connectivity index (χ4n) is 1.35. The summed E-state index contributed by atoms with van der Waals surface area (Å²) in [4.78, 5) is 12.6. The van der Waals surface area contributed by atoms with Crippen molar-refractivity contribution in [3.05, 3.63) is 10.6 Å². The third kappa shape index (κ3) is 3.35. The molecule has 0 unspecified atom stereocenters. The summed E-state index contributed by atoms with van der Waals surface area (Å²) in [5.41, 5.74) is 0.680. The quantitative estimate of drug-likeness (QED) is 0.588. The molecular formula is C11H18N2O2S. The molecule has 0 saturated heterocycles. The molecule has 0 radical (unpaired) electrons. The Morgan fingerprint density at radius 2 is 2.12 bits per heavy atom. The zero-order valence-corrected chi connectivity index (χ0v) is 11.1. The van der Waals surface area contributed by atoms with Gasteiger partial charge in [0.25, 0.3) is 0 Å². The van der Waals surface area contributed by atoms with Gasteiger partial charge < -0.3 is 4.74 Å². The van der Waals surface area contributed by atoms with Crippen molar-refractivity contribution in [1.29, 1.82) is 0 Å². The number of carbonyl (C=O) groups excluding carboxylic acids is 1. The van der Waals surface area contributed by atoms with Crippen LogP contribution in [-0.4, -0.2) is 29.1 Å². The monoisotopic (exact) mass is 242 g/mol. The summed E-state index contributed by atoms with van der Waals surface area (Å²) in [6, 6.07) is 0. The molecule has 0 saturated carbocycles. The molecule has 1 aromatic rings. The first-order chi connectivity index (χ1) is 7.46. The Morgan fingerprint density at radius 3 is 2.69 bits per heavy atom. The van der Waals surface area contributed by atoms with E-state index in [1.807, 2.05) is 20.8 Å². The Balaban J connectivity index is 2.73. The first-order valence-corrected chi connectivity index (χ1v) is 6.09. The summed E-state index contributed by atoms with van der Waals surface area (Å²) in [5, 5.41) is 4.05. The van der Waals surface area contributed by atoms with Crippen LogP contribution < -0.4 is 0 Å². The average molecular weight is 242 g/mol. The van der Waals surface area contributed by atoms with Gasteiger partial charge in [0, 0.05) is 25.6 Å². The highest BCUT2D eigenvalue weighted by atomic mass is 32.1. The standard InChI is InChI=1S/C11H18N2O2S/c1-11(2,3)10-9(16-13-12-10)8(14)6-5-7-15-4/h5-7H2,1-4H3. The number of Topliss-reactive ketones (excluding diaryl/α,β-unsaturated/α-hetero) is 1. The lowest BCUT2D eigenvalue weighted by molar-refractivity contribution is 0.0965. The van der Waals surface area contributed by atoms with Crippen LogP contribution in [0.1, 0.15) is 49.0 Å². The highest BCUT2D eigenvalue weighted by Gasteiger charge is 2.25. The van der Waals surface area contributed by atoms with E-state index in [1.165, 1.54) is 11.5 Å². The molecule has 0 aromatic carbocycles. The smallest absolute Gasteiger partial charge is 0.176 e. The summed E-state index contributed by atoms with van der Waals surface area (Å²) in [6.45, 7) is 6.73. The van der Waals surface area contributed by atoms with Gasteiger partial charge in [0.1, 0.15) is 4.88 Å². The number of ketones is 1. The normalized spacial score (nSPS) is 11.8. The predicted molar refractivity (Wildman–Crippen MR) is 64.0 cm³/mol. The number of methoxy groups -OCH3 is 1. The molecule has 4 nitrogen and oxygen atoms in total. The van der Waals surface area contributed by atoms with E-state index in [0.717, 1.165) is 12.1 Å². The topological polar surface area (TPSA) is 52.1 Å². The molecule has 0 bridgehead atoms. The molecule has 1 rings (SSSR count). The molecule has 0 aliphatic carbocycles. The Hall–Kier alpha value is -0.810. The van der Waals surface area contributed by atoms with E-state index >= 15 is 0 Å². The first kappa shape index (κ1) is 13.3. The van der Waals surface area contributed by atoms with Gasteiger partial charge in [-0.3, -0.25) is 4.79 Å². The fraction of sp³-hybridized carbons (Fsp3) is 0.727. The first-order valence-electron chi connectivity index (χ1n) is 5.31. The van der Waals surface area contributed by atoms with Crippen molar-refractivity contribution in [3.63, 3.8) is 0 Å². The maximum Gasteiger partial charge on any atom is 0.176 e. The Labute approximate surface area is 100 Å². The van der Waals surface area contributed by atoms with Gasteiger partial charge in [-0.1, -0.05) is 25.3 Å². The second-order valence-electron chi connectivity index (χ2n) is 4.72. The number of aromatic nitrogens is 2. The molecule has 0 aliphatic heterocycles. The van der Waals surface area contributed by atoms with Crippen molar-refractivity contribution in [2.24, 2.45) is 0 Å². The van der Waals surface area contributed by atoms with Crippen LogP contribution in [0.3, 0.4) is 0 Å². The number of hydrogen-bond donors (Lipinski definition) is 0. The van der Waals surface area contributed by atoms with Gasteiger partial charge in [0.15, 0.2) is 5.78 Å². The lowest BCUT2D eigenvalue weighted by Gasteiger charge is -2.15. The molecule has 16 heavy (non-hydrogen) atoms. The van der Waals surface area contributed by atoms with Crippen molar-refractivity contribution in [3.8, 4) is 0 Å². The van der Waals surface area contributed by atoms with Crippen LogP contribution in [0.15, 0.2) is 0 Å². The van der Waals surface area contributed by atoms with E-state index in [0.29, 0.717) is 17.9 Å². The maximum absolute atomic E-state index is 11.9. The summed E-state index contributed by atoms with van der Waals surface area (Å²) in [6.07, 6.45) is 1.25. The minimum Gasteiger partial charge on any atom is -0.385 e. The van der Waals surface area contributed by atoms with Gasteiger partial charge in [-0.2, -0.15) is 0 Å². The molecule has 0 amide bonds. The maximum atomic E-state index is 11.9. The van der Waals surface area contributed by atoms with Gasteiger partial charge in [-0.25, -0.2) is 0 Å². The van der Waals surface area contributed by atoms with Gasteiger partial charge in [-0.05, 0) is 18.0 Å². The Morgan fingerprint density at radius 1 is 1.44 bits per heavy atom. The minimum atomic E-state index is -0.126. The zero-order valence-electron chi connectivity index (χ0n) is 10.2. The zero-order chi connectivity index (χ0) is 12.2. The van der Waals surface area contributed by atoms with E-state index in [9.17, 15) is 4.79 Å². The third-order valence-corrected chi connectivity index (χ3v) is 2.97. The second-order valence-corrected chi connectivity index (χ2v) is 5.47. The molecule has 90 valence electrons. The van der Waals surface area contributed by atoms with Crippen LogP contribution in [0.5, 0.6) is 0 Å². The van der Waals surface area contributed by atoms with Gasteiger partial charge in [0.05, 0.1) is 5.69 Å². The fourth-order valence-corrected chi connectivity index (χ4v) is 2.20. The minimum absolute atomic E-state index is 0.122. The molecule has 0 atom stereocenters. The lowest BCUT2D eigenvalue weighted by atomic mass is 9.90. The van der Waals surface area contributed by atoms with Crippen molar-refractivity contribution in [2.75, 3.05) is 13.7 Å². The van der Waals surface area contributed by atoms with Crippen LogP contribution in [-0.2, 0) is 10.2 Å². The molecule has 0 N–H and O–H groups in total. The van der Waals surface area contributed by atoms with Crippen LogP contribution in [0, 0.1) is 0 Å². The van der Waals surface area contributed by atoms with E-state index in [4.69, 9.17) is 4.74 Å². The molecule has 0 fully saturated rings. The lowest BCUT2D eigenvalue weighted by Crippen LogP contribution is -2.16. The Kier molecular flexibility index (Phi) is 4.56. The molecule has 5 heteroatoms. The van der Waals surface area contributed by atoms with E-state index in [1.54, 1.807) is 7.11 Å². The van der Waals surface area contributed by atoms with Gasteiger partial charge in [0.2, 0.25) is 0 Å². The largest absolute Gasteiger partial charge is 0.385 e. The average Bonchev–Trinajstić information content (AvgIpc) is 2.65. The highest BCUT2D eigenvalue weighted by molar-refractivity contribution is 7.08. The molecule has 1 aromatic heterocycles. The van der Waals surface area contributed by atoms with Gasteiger partial charge >= 0.3 is 0 Å². The van der Waals surface area contributed by atoms with Crippen LogP contribution in [0.4, 0.5) is 0 Å². The van der Waals surface area contributed by atoms with Crippen molar-refractivity contribution >= 4 is 17.3 Å². The van der Waals surface area contributed by atoms with Crippen LogP contribution in [0.25, 0.3) is 0 Å². The van der Waals surface area contributed by atoms with Crippen LogP contribution >= 0.6 is 11.5 Å². The Bertz CT molecular complexity index is 355. The predicted octanol–water partition coefficient (Wildman–Crippen LogP) is 2.44. The number of carbonyl (C=O) groups is 1. The van der Waals surface area contributed by atoms with Crippen molar-refractivity contribution in [1.82, 2.24) is 9.59 Å². The van der Waals surface area contributed by atoms with E-state index in [2.05, 4.69) is 9.59 Å². The number of ether oxygens (including phenoxy) is 1. The van der Waals surface area contributed by atoms with E-state index in [-0.39, 0.29) is 11.2 Å². The molecule has 1 heterocycles. The van der Waals surface area contributed by atoms with Crippen molar-refractivity contribution < 1.29 is 9.53 Å². The van der Waals surface area contributed by atoms with Crippen molar-refractivity contribution in [2.45, 2.75) is 39.0 Å². The summed E-state index contributed by atoms with van der Waals surface area (Å²) in [5.74, 6) is 0.122. The summed E-state index contributed by atoms with van der Waals surface area (Å²) >= 11 is 1.19. The molecular weight excluding hydrogens is 224 g/mol. The second kappa shape index (κ2) is 5.50. The number of rotatable bonds is 5. The van der Waals surface area contributed by atoms with Crippen LogP contribution in [0.2, 0.25) is 0 Å². The summed E-state index contributed by atoms with van der Waals surface area (Å²) in [7, 11) is 1.64. The summed E-state index contributed by atoms with van der Waals surface area (Å²) < 4.78 is 8.80. The van der Waals surface area contributed by atoms with E-state index < -0.39 is 0 Å². The molecule has 0 aliphatic rings. The molecule has 0 spiro atoms. The van der Waals surface area contributed by atoms with Gasteiger partial charge in [-0.15, -0.1) is 5.10 Å². The third-order valence-electron chi connectivity index (χ3n) is 2.20. The highest BCUT2D eigenvalue weighted by Crippen LogP contribution is 2.26. The number of nitrogens with zero attached hydrogens (tertiary/aromatic N) is 2. The number of hydrogen-bond acceptors (Lipinski definition) is 5.